The van der Waals surface area contributed by atoms with Crippen LogP contribution in [0.25, 0.3) is 0 Å². The number of hydrogen-bond acceptors (Lipinski definition) is 4. The van der Waals surface area contributed by atoms with Crippen LogP contribution in [0.1, 0.15) is 53.6 Å². The number of amides is 2. The molecule has 0 radical (unpaired) electrons. The van der Waals surface area contributed by atoms with Gasteiger partial charge in [0.05, 0.1) is 12.2 Å². The van der Waals surface area contributed by atoms with Crippen LogP contribution < -0.4 is 5.32 Å². The summed E-state index contributed by atoms with van der Waals surface area (Å²) < 4.78 is 5.42. The van der Waals surface area contributed by atoms with Crippen LogP contribution in [0.3, 0.4) is 0 Å². The summed E-state index contributed by atoms with van der Waals surface area (Å²) in [5, 5.41) is 10.0. The number of anilines is 1. The molecule has 0 unspecified atom stereocenters. The first-order valence-corrected chi connectivity index (χ1v) is 9.06. The smallest absolute Gasteiger partial charge is 0.410 e. The highest BCUT2D eigenvalue weighted by Crippen LogP contribution is 2.23. The van der Waals surface area contributed by atoms with Gasteiger partial charge in [-0.15, -0.1) is 0 Å². The molecule has 7 heteroatoms. The van der Waals surface area contributed by atoms with Crippen LogP contribution in [-0.2, 0) is 17.7 Å². The maximum absolute atomic E-state index is 12.7. The molecule has 1 aliphatic heterocycles. The Morgan fingerprint density at radius 2 is 2.00 bits per heavy atom. The van der Waals surface area contributed by atoms with Crippen LogP contribution in [0, 0.1) is 13.8 Å². The molecule has 0 bridgehead atoms. The standard InChI is InChI=1S/C20H26N4O3/c1-12-6-7-15(13(2)10-12)21-18(25)17-14-8-9-24(11-16(14)22-23-17)19(26)27-20(3,4)5/h6-7,10H,8-9,11H2,1-5H3,(H,21,25)(H,22,23). The average molecular weight is 370 g/mol. The number of aryl methyl sites for hydroxylation is 2. The molecule has 1 aromatic carbocycles. The molecule has 2 aromatic rings. The Morgan fingerprint density at radius 1 is 1.26 bits per heavy atom. The molecule has 0 atom stereocenters. The fourth-order valence-electron chi connectivity index (χ4n) is 3.12. The fourth-order valence-corrected chi connectivity index (χ4v) is 3.12. The molecular formula is C20H26N4O3. The molecule has 0 fully saturated rings. The van der Waals surface area contributed by atoms with Gasteiger partial charge >= 0.3 is 6.09 Å². The zero-order valence-corrected chi connectivity index (χ0v) is 16.5. The van der Waals surface area contributed by atoms with E-state index < -0.39 is 5.60 Å². The lowest BCUT2D eigenvalue weighted by molar-refractivity contribution is 0.0221. The van der Waals surface area contributed by atoms with Gasteiger partial charge in [0.25, 0.3) is 5.91 Å². The van der Waals surface area contributed by atoms with E-state index in [1.807, 2.05) is 52.8 Å². The quantitative estimate of drug-likeness (QED) is 0.846. The van der Waals surface area contributed by atoms with Crippen molar-refractivity contribution in [1.29, 1.82) is 0 Å². The van der Waals surface area contributed by atoms with Gasteiger partial charge in [0.15, 0.2) is 5.69 Å². The van der Waals surface area contributed by atoms with E-state index in [-0.39, 0.29) is 12.0 Å². The molecule has 0 aliphatic carbocycles. The molecule has 2 amide bonds. The largest absolute Gasteiger partial charge is 0.444 e. The summed E-state index contributed by atoms with van der Waals surface area (Å²) in [7, 11) is 0. The summed E-state index contributed by atoms with van der Waals surface area (Å²) in [5.74, 6) is -0.245. The van der Waals surface area contributed by atoms with Crippen LogP contribution in [0.2, 0.25) is 0 Å². The summed E-state index contributed by atoms with van der Waals surface area (Å²) in [4.78, 5) is 26.6. The third-order valence-electron chi connectivity index (χ3n) is 4.43. The fraction of sp³-hybridized carbons (Fsp3) is 0.450. The van der Waals surface area contributed by atoms with Gasteiger partial charge in [0, 0.05) is 17.8 Å². The van der Waals surface area contributed by atoms with Gasteiger partial charge in [-0.25, -0.2) is 4.79 Å². The number of fused-ring (bicyclic) bond motifs is 1. The third kappa shape index (κ3) is 4.30. The number of benzene rings is 1. The molecule has 1 aliphatic rings. The zero-order chi connectivity index (χ0) is 19.8. The summed E-state index contributed by atoms with van der Waals surface area (Å²) in [6.45, 7) is 10.3. The van der Waals surface area contributed by atoms with E-state index in [4.69, 9.17) is 4.74 Å². The molecule has 3 rings (SSSR count). The molecule has 144 valence electrons. The number of aromatic amines is 1. The highest BCUT2D eigenvalue weighted by molar-refractivity contribution is 6.04. The molecule has 27 heavy (non-hydrogen) atoms. The number of hydrogen-bond donors (Lipinski definition) is 2. The molecule has 2 heterocycles. The lowest BCUT2D eigenvalue weighted by Gasteiger charge is -2.29. The van der Waals surface area contributed by atoms with Crippen molar-refractivity contribution in [2.75, 3.05) is 11.9 Å². The summed E-state index contributed by atoms with van der Waals surface area (Å²) in [5.41, 5.74) is 4.40. The molecule has 7 nitrogen and oxygen atoms in total. The molecule has 0 spiro atoms. The first-order valence-electron chi connectivity index (χ1n) is 9.06. The van der Waals surface area contributed by atoms with Gasteiger partial charge in [-0.3, -0.25) is 9.89 Å². The van der Waals surface area contributed by atoms with E-state index in [2.05, 4.69) is 15.5 Å². The summed E-state index contributed by atoms with van der Waals surface area (Å²) in [6, 6.07) is 5.88. The van der Waals surface area contributed by atoms with Crippen LogP contribution in [0.4, 0.5) is 10.5 Å². The first-order chi connectivity index (χ1) is 12.6. The lowest BCUT2D eigenvalue weighted by Crippen LogP contribution is -2.40. The van der Waals surface area contributed by atoms with Gasteiger partial charge in [0.1, 0.15) is 5.60 Å². The van der Waals surface area contributed by atoms with E-state index in [1.165, 1.54) is 0 Å². The zero-order valence-electron chi connectivity index (χ0n) is 16.5. The number of carbonyl (C=O) groups excluding carboxylic acids is 2. The van der Waals surface area contributed by atoms with Crippen molar-refractivity contribution in [2.45, 2.75) is 53.2 Å². The van der Waals surface area contributed by atoms with Crippen molar-refractivity contribution in [3.8, 4) is 0 Å². The second-order valence-corrected chi connectivity index (χ2v) is 7.95. The Kier molecular flexibility index (Phi) is 4.95. The van der Waals surface area contributed by atoms with Gasteiger partial charge < -0.3 is 15.0 Å². The Labute approximate surface area is 159 Å². The number of nitrogens with zero attached hydrogens (tertiary/aromatic N) is 2. The topological polar surface area (TPSA) is 87.3 Å². The van der Waals surface area contributed by atoms with Gasteiger partial charge in [-0.2, -0.15) is 5.10 Å². The Morgan fingerprint density at radius 3 is 2.67 bits per heavy atom. The van der Waals surface area contributed by atoms with Crippen LogP contribution in [0.15, 0.2) is 18.2 Å². The maximum atomic E-state index is 12.7. The Balaban J connectivity index is 1.72. The third-order valence-corrected chi connectivity index (χ3v) is 4.43. The highest BCUT2D eigenvalue weighted by atomic mass is 16.6. The van der Waals surface area contributed by atoms with E-state index in [9.17, 15) is 9.59 Å². The van der Waals surface area contributed by atoms with Crippen molar-refractivity contribution < 1.29 is 14.3 Å². The number of ether oxygens (including phenoxy) is 1. The number of aromatic nitrogens is 2. The van der Waals surface area contributed by atoms with Crippen molar-refractivity contribution >= 4 is 17.7 Å². The van der Waals surface area contributed by atoms with Crippen molar-refractivity contribution in [2.24, 2.45) is 0 Å². The van der Waals surface area contributed by atoms with Crippen molar-refractivity contribution in [3.05, 3.63) is 46.3 Å². The number of nitrogens with one attached hydrogen (secondary N) is 2. The van der Waals surface area contributed by atoms with Gasteiger partial charge in [0.2, 0.25) is 0 Å². The second-order valence-electron chi connectivity index (χ2n) is 7.95. The first kappa shape index (κ1) is 18.9. The monoisotopic (exact) mass is 370 g/mol. The Hall–Kier alpha value is -2.83. The van der Waals surface area contributed by atoms with Crippen LogP contribution >= 0.6 is 0 Å². The van der Waals surface area contributed by atoms with Gasteiger partial charge in [-0.1, -0.05) is 17.7 Å². The summed E-state index contributed by atoms with van der Waals surface area (Å²) in [6.07, 6.45) is 0.199. The SMILES string of the molecule is Cc1ccc(NC(=O)c2n[nH]c3c2CCN(C(=O)OC(C)(C)C)C3)c(C)c1. The van der Waals surface area contributed by atoms with Crippen molar-refractivity contribution in [3.63, 3.8) is 0 Å². The number of H-pyrrole nitrogens is 1. The van der Waals surface area contributed by atoms with E-state index in [0.29, 0.717) is 25.2 Å². The Bertz CT molecular complexity index is 880. The summed E-state index contributed by atoms with van der Waals surface area (Å²) >= 11 is 0. The van der Waals surface area contributed by atoms with Crippen molar-refractivity contribution in [1.82, 2.24) is 15.1 Å². The van der Waals surface area contributed by atoms with Crippen LogP contribution in [-0.4, -0.2) is 39.2 Å². The van der Waals surface area contributed by atoms with E-state index in [0.717, 1.165) is 28.1 Å². The maximum Gasteiger partial charge on any atom is 0.410 e. The van der Waals surface area contributed by atoms with Gasteiger partial charge in [-0.05, 0) is 52.7 Å². The highest BCUT2D eigenvalue weighted by Gasteiger charge is 2.30. The predicted molar refractivity (Wildman–Crippen MR) is 103 cm³/mol. The minimum absolute atomic E-state index is 0.245. The molecule has 2 N–H and O–H groups in total. The minimum Gasteiger partial charge on any atom is -0.444 e. The number of carbonyl (C=O) groups is 2. The molecule has 0 saturated heterocycles. The normalized spacial score (nSPS) is 13.9. The number of rotatable bonds is 2. The lowest BCUT2D eigenvalue weighted by atomic mass is 10.0. The molecule has 1 aromatic heterocycles. The van der Waals surface area contributed by atoms with E-state index >= 15 is 0 Å². The molecular weight excluding hydrogens is 344 g/mol. The average Bonchev–Trinajstić information content (AvgIpc) is 2.99. The second kappa shape index (κ2) is 7.06. The van der Waals surface area contributed by atoms with Crippen LogP contribution in [0.5, 0.6) is 0 Å². The minimum atomic E-state index is -0.539. The van der Waals surface area contributed by atoms with E-state index in [1.54, 1.807) is 4.90 Å². The predicted octanol–water partition coefficient (Wildman–Crippen LogP) is 3.57. The molecule has 0 saturated carbocycles.